The Morgan fingerprint density at radius 3 is 2.60 bits per heavy atom. The van der Waals surface area contributed by atoms with E-state index in [1.807, 2.05) is 13.0 Å². The molecule has 4 nitrogen and oxygen atoms in total. The summed E-state index contributed by atoms with van der Waals surface area (Å²) in [5, 5.41) is 1.73. The predicted octanol–water partition coefficient (Wildman–Crippen LogP) is 2.07. The summed E-state index contributed by atoms with van der Waals surface area (Å²) in [6.45, 7) is 1.78. The number of halogens is 3. The third-order valence-corrected chi connectivity index (χ3v) is 2.57. The largest absolute Gasteiger partial charge is 0.484 e. The Bertz CT molecular complexity index is 473. The van der Waals surface area contributed by atoms with Crippen LogP contribution in [0.4, 0.5) is 13.2 Å². The topological polar surface area (TPSA) is 64.3 Å². The minimum absolute atomic E-state index is 0.127. The molecule has 0 saturated carbocycles. The van der Waals surface area contributed by atoms with Gasteiger partial charge in [0, 0.05) is 6.04 Å². The maximum Gasteiger partial charge on any atom is 0.405 e. The quantitative estimate of drug-likeness (QED) is 0.872. The van der Waals surface area contributed by atoms with Crippen LogP contribution in [-0.4, -0.2) is 25.2 Å². The minimum atomic E-state index is -4.43. The number of hydrogen-bond acceptors (Lipinski definition) is 3. The first kappa shape index (κ1) is 16.3. The summed E-state index contributed by atoms with van der Waals surface area (Å²) < 4.78 is 40.9. The average Bonchev–Trinajstić information content (AvgIpc) is 2.33. The van der Waals surface area contributed by atoms with E-state index in [4.69, 9.17) is 10.5 Å². The van der Waals surface area contributed by atoms with Crippen LogP contribution in [0.25, 0.3) is 0 Å². The van der Waals surface area contributed by atoms with Gasteiger partial charge in [-0.3, -0.25) is 4.79 Å². The maximum absolute atomic E-state index is 11.9. The van der Waals surface area contributed by atoms with Crippen molar-refractivity contribution < 1.29 is 22.7 Å². The summed E-state index contributed by atoms with van der Waals surface area (Å²) in [4.78, 5) is 11.2. The van der Waals surface area contributed by atoms with Crippen molar-refractivity contribution in [3.8, 4) is 5.75 Å². The Morgan fingerprint density at radius 1 is 1.45 bits per heavy atom. The zero-order valence-corrected chi connectivity index (χ0v) is 11.3. The summed E-state index contributed by atoms with van der Waals surface area (Å²) in [6, 6.07) is 5.08. The summed E-state index contributed by atoms with van der Waals surface area (Å²) in [7, 11) is 0. The predicted molar refractivity (Wildman–Crippen MR) is 68.3 cm³/mol. The van der Waals surface area contributed by atoms with Crippen molar-refractivity contribution in [3.63, 3.8) is 0 Å². The first-order chi connectivity index (χ1) is 9.19. The Labute approximate surface area is 115 Å². The van der Waals surface area contributed by atoms with E-state index in [-0.39, 0.29) is 6.04 Å². The summed E-state index contributed by atoms with van der Waals surface area (Å²) >= 11 is 0. The molecule has 0 aliphatic carbocycles. The smallest absolute Gasteiger partial charge is 0.405 e. The molecule has 1 rings (SSSR count). The molecule has 0 aliphatic rings. The van der Waals surface area contributed by atoms with Gasteiger partial charge < -0.3 is 15.8 Å². The van der Waals surface area contributed by atoms with Crippen LogP contribution in [0.5, 0.6) is 5.75 Å². The van der Waals surface area contributed by atoms with Crippen LogP contribution in [0.1, 0.15) is 24.1 Å². The lowest BCUT2D eigenvalue weighted by Crippen LogP contribution is -2.36. The van der Waals surface area contributed by atoms with E-state index in [0.29, 0.717) is 5.75 Å². The van der Waals surface area contributed by atoms with Crippen LogP contribution in [0, 0.1) is 6.92 Å². The third-order valence-electron chi connectivity index (χ3n) is 2.57. The van der Waals surface area contributed by atoms with Crippen molar-refractivity contribution in [1.29, 1.82) is 0 Å². The zero-order valence-electron chi connectivity index (χ0n) is 11.3. The number of nitrogens with two attached hydrogens (primary N) is 1. The van der Waals surface area contributed by atoms with Crippen molar-refractivity contribution in [3.05, 3.63) is 29.3 Å². The lowest BCUT2D eigenvalue weighted by molar-refractivity contribution is -0.139. The monoisotopic (exact) mass is 290 g/mol. The number of nitrogens with one attached hydrogen (secondary N) is 1. The lowest BCUT2D eigenvalue weighted by Gasteiger charge is -2.13. The number of hydrogen-bond donors (Lipinski definition) is 2. The summed E-state index contributed by atoms with van der Waals surface area (Å²) in [5.41, 5.74) is 7.40. The van der Waals surface area contributed by atoms with Gasteiger partial charge in [-0.15, -0.1) is 0 Å². The number of alkyl halides is 3. The van der Waals surface area contributed by atoms with Crippen LogP contribution in [0.15, 0.2) is 18.2 Å². The molecule has 0 fully saturated rings. The molecule has 0 saturated heterocycles. The Balaban J connectivity index is 2.51. The second-order valence-corrected chi connectivity index (χ2v) is 4.49. The van der Waals surface area contributed by atoms with E-state index in [0.717, 1.165) is 11.1 Å². The molecule has 7 heteroatoms. The second kappa shape index (κ2) is 6.60. The van der Waals surface area contributed by atoms with Gasteiger partial charge in [0.15, 0.2) is 6.61 Å². The Hall–Kier alpha value is -1.76. The highest BCUT2D eigenvalue weighted by Gasteiger charge is 2.27. The number of benzene rings is 1. The highest BCUT2D eigenvalue weighted by atomic mass is 19.4. The number of rotatable bonds is 5. The first-order valence-electron chi connectivity index (χ1n) is 6.01. The van der Waals surface area contributed by atoms with E-state index < -0.39 is 25.2 Å². The molecule has 1 atom stereocenters. The van der Waals surface area contributed by atoms with E-state index >= 15 is 0 Å². The molecule has 0 unspecified atom stereocenters. The van der Waals surface area contributed by atoms with Crippen molar-refractivity contribution >= 4 is 5.91 Å². The number of ether oxygens (including phenoxy) is 1. The Kier molecular flexibility index (Phi) is 5.38. The fourth-order valence-electron chi connectivity index (χ4n) is 1.51. The van der Waals surface area contributed by atoms with E-state index in [1.165, 1.54) is 0 Å². The highest BCUT2D eigenvalue weighted by Crippen LogP contribution is 2.21. The van der Waals surface area contributed by atoms with E-state index in [2.05, 4.69) is 0 Å². The molecule has 112 valence electrons. The highest BCUT2D eigenvalue weighted by molar-refractivity contribution is 5.77. The van der Waals surface area contributed by atoms with Crippen molar-refractivity contribution in [2.45, 2.75) is 26.1 Å². The van der Waals surface area contributed by atoms with Gasteiger partial charge in [-0.25, -0.2) is 0 Å². The van der Waals surface area contributed by atoms with Gasteiger partial charge in [0.1, 0.15) is 12.3 Å². The maximum atomic E-state index is 11.9. The van der Waals surface area contributed by atoms with Crippen LogP contribution < -0.4 is 15.8 Å². The fraction of sp³-hybridized carbons (Fsp3) is 0.462. The molecule has 0 radical (unpaired) electrons. The van der Waals surface area contributed by atoms with Gasteiger partial charge in [-0.05, 0) is 31.0 Å². The molecule has 1 aromatic carbocycles. The van der Waals surface area contributed by atoms with Gasteiger partial charge >= 0.3 is 6.18 Å². The molecule has 20 heavy (non-hydrogen) atoms. The third kappa shape index (κ3) is 5.48. The average molecular weight is 290 g/mol. The van der Waals surface area contributed by atoms with Crippen LogP contribution in [0.2, 0.25) is 0 Å². The molecule has 3 N–H and O–H groups in total. The molecule has 0 aromatic heterocycles. The zero-order chi connectivity index (χ0) is 15.3. The SMILES string of the molecule is Cc1cc([C@H](C)N)ccc1OCC(=O)NCC(F)(F)F. The molecule has 0 aliphatic heterocycles. The van der Waals surface area contributed by atoms with Crippen molar-refractivity contribution in [2.24, 2.45) is 5.73 Å². The van der Waals surface area contributed by atoms with Gasteiger partial charge in [-0.1, -0.05) is 12.1 Å². The van der Waals surface area contributed by atoms with Crippen molar-refractivity contribution in [2.75, 3.05) is 13.2 Å². The first-order valence-corrected chi connectivity index (χ1v) is 6.01. The van der Waals surface area contributed by atoms with E-state index in [9.17, 15) is 18.0 Å². The molecule has 0 bridgehead atoms. The number of carbonyl (C=O) groups excluding carboxylic acids is 1. The molecule has 0 spiro atoms. The lowest BCUT2D eigenvalue weighted by atomic mass is 10.1. The molecule has 0 heterocycles. The van der Waals surface area contributed by atoms with Crippen LogP contribution >= 0.6 is 0 Å². The van der Waals surface area contributed by atoms with Gasteiger partial charge in [0.05, 0.1) is 0 Å². The summed E-state index contributed by atoms with van der Waals surface area (Å²) in [6.07, 6.45) is -4.43. The van der Waals surface area contributed by atoms with Crippen LogP contribution in [0.3, 0.4) is 0 Å². The molecule has 1 amide bonds. The molecule has 1 aromatic rings. The number of aryl methyl sites for hydroxylation is 1. The van der Waals surface area contributed by atoms with Crippen LogP contribution in [-0.2, 0) is 4.79 Å². The molecular formula is C13H17F3N2O2. The standard InChI is InChI=1S/C13H17F3N2O2/c1-8-5-10(9(2)17)3-4-11(8)20-6-12(19)18-7-13(14,15)16/h3-5,9H,6-7,17H2,1-2H3,(H,18,19)/t9-/m0/s1. The van der Waals surface area contributed by atoms with E-state index in [1.54, 1.807) is 24.4 Å². The van der Waals surface area contributed by atoms with Gasteiger partial charge in [0.25, 0.3) is 5.91 Å². The Morgan fingerprint density at radius 2 is 2.10 bits per heavy atom. The summed E-state index contributed by atoms with van der Waals surface area (Å²) in [5.74, 6) is -0.380. The van der Waals surface area contributed by atoms with Crippen molar-refractivity contribution in [1.82, 2.24) is 5.32 Å². The number of carbonyl (C=O) groups is 1. The molecular weight excluding hydrogens is 273 g/mol. The minimum Gasteiger partial charge on any atom is -0.484 e. The second-order valence-electron chi connectivity index (χ2n) is 4.49. The van der Waals surface area contributed by atoms with Gasteiger partial charge in [0.2, 0.25) is 0 Å². The normalized spacial score (nSPS) is 12.9. The fourth-order valence-corrected chi connectivity index (χ4v) is 1.51. The van der Waals surface area contributed by atoms with Gasteiger partial charge in [-0.2, -0.15) is 13.2 Å². The number of amides is 1.